The van der Waals surface area contributed by atoms with Gasteiger partial charge in [0.1, 0.15) is 4.90 Å². The standard InChI is InChI=1S/C13H10Cl3NO2S/c14-10-3-1-9(2-4-10)8-17-20(18,19)13-7-11(15)5-6-12(13)16/h1-7,17H,8H2. The van der Waals surface area contributed by atoms with Gasteiger partial charge in [0, 0.05) is 16.6 Å². The molecular weight excluding hydrogens is 341 g/mol. The maximum atomic E-state index is 12.2. The van der Waals surface area contributed by atoms with Crippen LogP contribution in [0.2, 0.25) is 15.1 Å². The summed E-state index contributed by atoms with van der Waals surface area (Å²) < 4.78 is 26.8. The fraction of sp³-hybridized carbons (Fsp3) is 0.0769. The third-order valence-electron chi connectivity index (χ3n) is 2.56. The predicted octanol–water partition coefficient (Wildman–Crippen LogP) is 4.13. The third-order valence-corrected chi connectivity index (χ3v) is 4.93. The van der Waals surface area contributed by atoms with Crippen molar-refractivity contribution in [2.75, 3.05) is 0 Å². The average Bonchev–Trinajstić information content (AvgIpc) is 2.41. The highest BCUT2D eigenvalue weighted by Gasteiger charge is 2.18. The van der Waals surface area contributed by atoms with Crippen LogP contribution in [0, 0.1) is 0 Å². The molecule has 0 fully saturated rings. The SMILES string of the molecule is O=S(=O)(NCc1ccc(Cl)cc1)c1cc(Cl)ccc1Cl. The topological polar surface area (TPSA) is 46.2 Å². The Morgan fingerprint density at radius 2 is 1.50 bits per heavy atom. The van der Waals surface area contributed by atoms with Gasteiger partial charge >= 0.3 is 0 Å². The Balaban J connectivity index is 2.19. The van der Waals surface area contributed by atoms with Gasteiger partial charge in [-0.1, -0.05) is 46.9 Å². The van der Waals surface area contributed by atoms with E-state index in [1.807, 2.05) is 0 Å². The lowest BCUT2D eigenvalue weighted by Crippen LogP contribution is -2.23. The number of nitrogens with one attached hydrogen (secondary N) is 1. The average molecular weight is 351 g/mol. The third kappa shape index (κ3) is 3.87. The van der Waals surface area contributed by atoms with Gasteiger partial charge in [0.15, 0.2) is 0 Å². The Hall–Kier alpha value is -0.780. The number of benzene rings is 2. The molecule has 106 valence electrons. The summed E-state index contributed by atoms with van der Waals surface area (Å²) in [6, 6.07) is 11.2. The summed E-state index contributed by atoms with van der Waals surface area (Å²) in [7, 11) is -3.72. The second-order valence-electron chi connectivity index (χ2n) is 4.03. The maximum absolute atomic E-state index is 12.2. The lowest BCUT2D eigenvalue weighted by molar-refractivity contribution is 0.581. The van der Waals surface area contributed by atoms with Gasteiger partial charge < -0.3 is 0 Å². The van der Waals surface area contributed by atoms with Crippen LogP contribution in [0.25, 0.3) is 0 Å². The lowest BCUT2D eigenvalue weighted by Gasteiger charge is -2.09. The Kier molecular flexibility index (Phi) is 4.94. The molecule has 0 aliphatic heterocycles. The Morgan fingerprint density at radius 3 is 2.15 bits per heavy atom. The first kappa shape index (κ1) is 15.6. The molecule has 0 amide bonds. The minimum Gasteiger partial charge on any atom is -0.207 e. The molecule has 0 heterocycles. The summed E-state index contributed by atoms with van der Waals surface area (Å²) >= 11 is 17.4. The van der Waals surface area contributed by atoms with E-state index >= 15 is 0 Å². The fourth-order valence-electron chi connectivity index (χ4n) is 1.54. The molecule has 0 saturated heterocycles. The Bertz CT molecular complexity index is 715. The van der Waals surface area contributed by atoms with E-state index in [9.17, 15) is 8.42 Å². The van der Waals surface area contributed by atoms with Crippen LogP contribution in [0.4, 0.5) is 0 Å². The molecule has 1 N–H and O–H groups in total. The van der Waals surface area contributed by atoms with Crippen molar-refractivity contribution in [3.05, 3.63) is 63.1 Å². The van der Waals surface area contributed by atoms with Gasteiger partial charge in [-0.25, -0.2) is 13.1 Å². The van der Waals surface area contributed by atoms with Crippen LogP contribution in [0.5, 0.6) is 0 Å². The molecule has 0 aliphatic carbocycles. The van der Waals surface area contributed by atoms with Crippen molar-refractivity contribution in [3.63, 3.8) is 0 Å². The second kappa shape index (κ2) is 6.33. The summed E-state index contributed by atoms with van der Waals surface area (Å²) in [6.45, 7) is 0.141. The first-order chi connectivity index (χ1) is 9.38. The number of sulfonamides is 1. The van der Waals surface area contributed by atoms with E-state index < -0.39 is 10.0 Å². The zero-order valence-corrected chi connectivity index (χ0v) is 13.2. The zero-order chi connectivity index (χ0) is 14.8. The largest absolute Gasteiger partial charge is 0.242 e. The van der Waals surface area contributed by atoms with Crippen molar-refractivity contribution in [1.82, 2.24) is 4.72 Å². The molecular formula is C13H10Cl3NO2S. The van der Waals surface area contributed by atoms with E-state index in [-0.39, 0.29) is 16.5 Å². The molecule has 20 heavy (non-hydrogen) atoms. The van der Waals surface area contributed by atoms with Crippen LogP contribution in [-0.4, -0.2) is 8.42 Å². The van der Waals surface area contributed by atoms with Crippen molar-refractivity contribution in [2.24, 2.45) is 0 Å². The van der Waals surface area contributed by atoms with E-state index in [4.69, 9.17) is 34.8 Å². The smallest absolute Gasteiger partial charge is 0.207 e. The van der Waals surface area contributed by atoms with Gasteiger partial charge in [0.2, 0.25) is 10.0 Å². The molecule has 0 bridgehead atoms. The van der Waals surface area contributed by atoms with Gasteiger partial charge in [0.25, 0.3) is 0 Å². The maximum Gasteiger partial charge on any atom is 0.242 e. The molecule has 2 aromatic rings. The van der Waals surface area contributed by atoms with Crippen molar-refractivity contribution in [3.8, 4) is 0 Å². The number of hydrogen-bond acceptors (Lipinski definition) is 2. The van der Waals surface area contributed by atoms with Crippen molar-refractivity contribution >= 4 is 44.8 Å². The number of rotatable bonds is 4. The fourth-order valence-corrected chi connectivity index (χ4v) is 3.45. The summed E-state index contributed by atoms with van der Waals surface area (Å²) in [6.07, 6.45) is 0. The molecule has 2 aromatic carbocycles. The second-order valence-corrected chi connectivity index (χ2v) is 7.04. The van der Waals surface area contributed by atoms with Gasteiger partial charge in [-0.15, -0.1) is 0 Å². The molecule has 7 heteroatoms. The van der Waals surface area contributed by atoms with Crippen LogP contribution >= 0.6 is 34.8 Å². The number of halogens is 3. The molecule has 0 spiro atoms. The molecule has 0 radical (unpaired) electrons. The first-order valence-corrected chi connectivity index (χ1v) is 8.19. The lowest BCUT2D eigenvalue weighted by atomic mass is 10.2. The van der Waals surface area contributed by atoms with Crippen LogP contribution in [0.3, 0.4) is 0 Å². The molecule has 0 atom stereocenters. The van der Waals surface area contributed by atoms with Gasteiger partial charge in [-0.3, -0.25) is 0 Å². The van der Waals surface area contributed by atoms with Crippen LogP contribution < -0.4 is 4.72 Å². The minimum atomic E-state index is -3.72. The van der Waals surface area contributed by atoms with E-state index in [0.29, 0.717) is 10.0 Å². The van der Waals surface area contributed by atoms with Crippen LogP contribution in [0.1, 0.15) is 5.56 Å². The Morgan fingerprint density at radius 1 is 0.900 bits per heavy atom. The Labute approximate surface area is 132 Å². The van der Waals surface area contributed by atoms with Crippen LogP contribution in [-0.2, 0) is 16.6 Å². The summed E-state index contributed by atoms with van der Waals surface area (Å²) in [5, 5.41) is 1.02. The highest BCUT2D eigenvalue weighted by molar-refractivity contribution is 7.89. The van der Waals surface area contributed by atoms with Gasteiger partial charge in [-0.05, 0) is 35.9 Å². The minimum absolute atomic E-state index is 0.0411. The van der Waals surface area contributed by atoms with Crippen LogP contribution in [0.15, 0.2) is 47.4 Å². The summed E-state index contributed by atoms with van der Waals surface area (Å²) in [5.41, 5.74) is 0.788. The van der Waals surface area contributed by atoms with Crippen molar-refractivity contribution < 1.29 is 8.42 Å². The normalized spacial score (nSPS) is 11.6. The van der Waals surface area contributed by atoms with E-state index in [0.717, 1.165) is 5.56 Å². The quantitative estimate of drug-likeness (QED) is 0.901. The summed E-state index contributed by atoms with van der Waals surface area (Å²) in [5.74, 6) is 0. The molecule has 0 aliphatic rings. The van der Waals surface area contributed by atoms with E-state index in [1.54, 1.807) is 24.3 Å². The predicted molar refractivity (Wildman–Crippen MR) is 81.9 cm³/mol. The van der Waals surface area contributed by atoms with E-state index in [2.05, 4.69) is 4.72 Å². The molecule has 0 unspecified atom stereocenters. The molecule has 3 nitrogen and oxygen atoms in total. The van der Waals surface area contributed by atoms with Crippen molar-refractivity contribution in [1.29, 1.82) is 0 Å². The highest BCUT2D eigenvalue weighted by Crippen LogP contribution is 2.25. The monoisotopic (exact) mass is 349 g/mol. The number of hydrogen-bond donors (Lipinski definition) is 1. The van der Waals surface area contributed by atoms with Gasteiger partial charge in [-0.2, -0.15) is 0 Å². The van der Waals surface area contributed by atoms with Crippen molar-refractivity contribution in [2.45, 2.75) is 11.4 Å². The highest BCUT2D eigenvalue weighted by atomic mass is 35.5. The van der Waals surface area contributed by atoms with Gasteiger partial charge in [0.05, 0.1) is 5.02 Å². The molecule has 0 saturated carbocycles. The van der Waals surface area contributed by atoms with E-state index in [1.165, 1.54) is 18.2 Å². The summed E-state index contributed by atoms with van der Waals surface area (Å²) in [4.78, 5) is -0.0411. The first-order valence-electron chi connectivity index (χ1n) is 5.58. The molecule has 2 rings (SSSR count). The zero-order valence-electron chi connectivity index (χ0n) is 10.1. The molecule has 0 aromatic heterocycles.